The molecule has 0 saturated carbocycles. The summed E-state index contributed by atoms with van der Waals surface area (Å²) in [5, 5.41) is 4.02. The van der Waals surface area contributed by atoms with Gasteiger partial charge in [0.1, 0.15) is 11.0 Å². The van der Waals surface area contributed by atoms with Crippen LogP contribution in [0.15, 0.2) is 121 Å². The molecule has 2 aliphatic rings. The molecule has 1 aromatic heterocycles. The summed E-state index contributed by atoms with van der Waals surface area (Å²) < 4.78 is 2.50. The van der Waals surface area contributed by atoms with E-state index in [1.165, 1.54) is 49.2 Å². The first-order valence-electron chi connectivity index (χ1n) is 11.8. The lowest BCUT2D eigenvalue weighted by molar-refractivity contribution is -0.922. The van der Waals surface area contributed by atoms with Crippen molar-refractivity contribution in [1.82, 2.24) is 4.68 Å². The van der Waals surface area contributed by atoms with Crippen LogP contribution in [0.2, 0.25) is 0 Å². The summed E-state index contributed by atoms with van der Waals surface area (Å²) in [7, 11) is 0. The molecular weight excluding hydrogens is 400 g/mol. The molecule has 3 atom stereocenters. The molecule has 5 aromatic rings. The Balaban J connectivity index is 1.38. The van der Waals surface area contributed by atoms with Crippen molar-refractivity contribution in [3.63, 3.8) is 0 Å². The SMILES string of the molecule is C1=CCC(c2ccc(C3c4ccccc4[NH+]3n3c4ccccc4c4ccccc43)cc2)C=C1. The lowest BCUT2D eigenvalue weighted by Crippen LogP contribution is -3.14. The maximum absolute atomic E-state index is 2.50. The molecule has 0 saturated heterocycles. The summed E-state index contributed by atoms with van der Waals surface area (Å²) in [6.07, 6.45) is 9.96. The quantitative estimate of drug-likeness (QED) is 0.339. The van der Waals surface area contributed by atoms with Crippen LogP contribution in [0.1, 0.15) is 35.1 Å². The van der Waals surface area contributed by atoms with Crippen LogP contribution in [-0.2, 0) is 0 Å². The fourth-order valence-electron chi connectivity index (χ4n) is 5.74. The lowest BCUT2D eigenvalue weighted by Gasteiger charge is -2.39. The number of quaternary nitrogens is 1. The van der Waals surface area contributed by atoms with Gasteiger partial charge < -0.3 is 0 Å². The van der Waals surface area contributed by atoms with Gasteiger partial charge in [-0.2, -0.15) is 9.69 Å². The molecule has 0 bridgehead atoms. The third-order valence-corrected chi connectivity index (χ3v) is 7.32. The van der Waals surface area contributed by atoms with Gasteiger partial charge in [0.05, 0.1) is 5.56 Å². The molecule has 3 unspecified atom stereocenters. The minimum absolute atomic E-state index is 0.274. The van der Waals surface area contributed by atoms with Crippen molar-refractivity contribution < 1.29 is 5.01 Å². The number of fused-ring (bicyclic) bond motifs is 4. The highest BCUT2D eigenvalue weighted by Crippen LogP contribution is 2.37. The van der Waals surface area contributed by atoms with Gasteiger partial charge in [0.25, 0.3) is 0 Å². The molecular formula is C31H25N2+. The van der Waals surface area contributed by atoms with Crippen LogP contribution in [0.3, 0.4) is 0 Å². The molecule has 0 spiro atoms. The van der Waals surface area contributed by atoms with Gasteiger partial charge in [-0.25, -0.2) is 0 Å². The predicted molar refractivity (Wildman–Crippen MR) is 136 cm³/mol. The third kappa shape index (κ3) is 2.78. The number of nitrogens with one attached hydrogen (secondary N) is 1. The molecule has 1 aliphatic heterocycles. The van der Waals surface area contributed by atoms with Crippen molar-refractivity contribution in [2.45, 2.75) is 18.4 Å². The first-order chi connectivity index (χ1) is 16.4. The average Bonchev–Trinajstić information content (AvgIpc) is 3.20. The molecule has 33 heavy (non-hydrogen) atoms. The Bertz CT molecular complexity index is 1500. The Labute approximate surface area is 193 Å². The monoisotopic (exact) mass is 425 g/mol. The molecule has 158 valence electrons. The standard InChI is InChI=1S/C31H24N2/c1-2-10-22(11-3-1)23-18-20-24(21-19-23)31-27-14-6-9-17-30(27)33(31)32-28-15-7-4-12-25(28)26-13-5-8-16-29(26)32/h1-10,12-22,31H,11H2/p+1. The Morgan fingerprint density at radius 3 is 1.97 bits per heavy atom. The number of hydrogen-bond donors (Lipinski definition) is 1. The van der Waals surface area contributed by atoms with Gasteiger partial charge >= 0.3 is 0 Å². The highest BCUT2D eigenvalue weighted by Gasteiger charge is 2.44. The van der Waals surface area contributed by atoms with E-state index in [0.29, 0.717) is 5.92 Å². The van der Waals surface area contributed by atoms with E-state index in [4.69, 9.17) is 0 Å². The van der Waals surface area contributed by atoms with E-state index in [2.05, 4.69) is 126 Å². The van der Waals surface area contributed by atoms with E-state index < -0.39 is 0 Å². The van der Waals surface area contributed by atoms with Crippen LogP contribution in [0.5, 0.6) is 0 Å². The third-order valence-electron chi connectivity index (χ3n) is 7.32. The highest BCUT2D eigenvalue weighted by molar-refractivity contribution is 6.07. The zero-order valence-corrected chi connectivity index (χ0v) is 18.4. The van der Waals surface area contributed by atoms with Gasteiger partial charge in [0.15, 0.2) is 11.7 Å². The van der Waals surface area contributed by atoms with Crippen molar-refractivity contribution in [3.05, 3.63) is 138 Å². The maximum atomic E-state index is 2.50. The normalized spacial score (nSPS) is 21.3. The van der Waals surface area contributed by atoms with Gasteiger partial charge in [0, 0.05) is 28.3 Å². The summed E-state index contributed by atoms with van der Waals surface area (Å²) in [5.41, 5.74) is 8.10. The first-order valence-corrected chi connectivity index (χ1v) is 11.8. The zero-order valence-electron chi connectivity index (χ0n) is 18.4. The van der Waals surface area contributed by atoms with E-state index in [9.17, 15) is 0 Å². The zero-order chi connectivity index (χ0) is 21.8. The van der Waals surface area contributed by atoms with E-state index >= 15 is 0 Å². The number of allylic oxidation sites excluding steroid dienone is 4. The first kappa shape index (κ1) is 18.7. The fraction of sp³-hybridized carbons (Fsp3) is 0.0968. The minimum Gasteiger partial charge on any atom is -0.187 e. The van der Waals surface area contributed by atoms with Crippen LogP contribution in [0.25, 0.3) is 21.8 Å². The molecule has 7 rings (SSSR count). The summed E-state index contributed by atoms with van der Waals surface area (Å²) in [4.78, 5) is 0. The topological polar surface area (TPSA) is 9.37 Å². The van der Waals surface area contributed by atoms with E-state index in [1.807, 2.05) is 0 Å². The van der Waals surface area contributed by atoms with Gasteiger partial charge in [-0.1, -0.05) is 97.1 Å². The summed E-state index contributed by atoms with van der Waals surface area (Å²) in [6, 6.07) is 36.1. The Morgan fingerprint density at radius 2 is 1.27 bits per heavy atom. The van der Waals surface area contributed by atoms with Gasteiger partial charge in [-0.05, 0) is 30.2 Å². The number of nitrogens with zero attached hydrogens (tertiary/aromatic N) is 1. The molecule has 4 aromatic carbocycles. The lowest BCUT2D eigenvalue weighted by atomic mass is 9.86. The molecule has 2 heterocycles. The molecule has 1 aliphatic carbocycles. The Morgan fingerprint density at radius 1 is 0.636 bits per heavy atom. The second-order valence-corrected chi connectivity index (χ2v) is 9.10. The molecule has 0 radical (unpaired) electrons. The van der Waals surface area contributed by atoms with Crippen LogP contribution < -0.4 is 5.01 Å². The molecule has 2 heteroatoms. The number of hydrogen-bond acceptors (Lipinski definition) is 0. The van der Waals surface area contributed by atoms with Crippen LogP contribution in [0.4, 0.5) is 5.69 Å². The average molecular weight is 426 g/mol. The Kier molecular flexibility index (Phi) is 4.15. The van der Waals surface area contributed by atoms with E-state index in [1.54, 1.807) is 0 Å². The smallest absolute Gasteiger partial charge is 0.172 e. The number of para-hydroxylation sites is 3. The van der Waals surface area contributed by atoms with E-state index in [0.717, 1.165) is 6.42 Å². The minimum atomic E-state index is 0.274. The second kappa shape index (κ2) is 7.33. The van der Waals surface area contributed by atoms with Gasteiger partial charge in [-0.3, -0.25) is 0 Å². The van der Waals surface area contributed by atoms with Crippen molar-refractivity contribution in [3.8, 4) is 0 Å². The van der Waals surface area contributed by atoms with Gasteiger partial charge in [0.2, 0.25) is 0 Å². The molecule has 1 N–H and O–H groups in total. The van der Waals surface area contributed by atoms with Crippen LogP contribution in [0, 0.1) is 0 Å². The largest absolute Gasteiger partial charge is 0.187 e. The van der Waals surface area contributed by atoms with Gasteiger partial charge in [-0.15, -0.1) is 0 Å². The van der Waals surface area contributed by atoms with Crippen LogP contribution >= 0.6 is 0 Å². The van der Waals surface area contributed by atoms with E-state index in [-0.39, 0.29) is 6.04 Å². The molecule has 0 amide bonds. The van der Waals surface area contributed by atoms with Crippen molar-refractivity contribution in [1.29, 1.82) is 0 Å². The Hall–Kier alpha value is -3.88. The maximum Gasteiger partial charge on any atom is 0.172 e. The van der Waals surface area contributed by atoms with Crippen molar-refractivity contribution >= 4 is 27.5 Å². The molecule has 2 nitrogen and oxygen atoms in total. The summed E-state index contributed by atoms with van der Waals surface area (Å²) >= 11 is 0. The van der Waals surface area contributed by atoms with Crippen LogP contribution in [-0.4, -0.2) is 4.68 Å². The van der Waals surface area contributed by atoms with Crippen molar-refractivity contribution in [2.24, 2.45) is 0 Å². The number of benzene rings is 4. The highest BCUT2D eigenvalue weighted by atomic mass is 15.6. The second-order valence-electron chi connectivity index (χ2n) is 9.10. The molecule has 0 fully saturated rings. The fourth-order valence-corrected chi connectivity index (χ4v) is 5.74. The number of rotatable bonds is 3. The number of aromatic nitrogens is 1. The summed E-state index contributed by atoms with van der Waals surface area (Å²) in [5.74, 6) is 0.485. The van der Waals surface area contributed by atoms with Crippen molar-refractivity contribution in [2.75, 3.05) is 0 Å². The predicted octanol–water partition coefficient (Wildman–Crippen LogP) is 6.48. The summed E-state index contributed by atoms with van der Waals surface area (Å²) in [6.45, 7) is 0.